The standard InChI is InChI=1S/C12H16FNO4/c1-2-18-7-3-4-8(9(13)5-7)12(17)10(15)6-11(14)16/h3-5,10,12,15,17H,2,6H2,1H3,(H2,14,16). The fourth-order valence-corrected chi connectivity index (χ4v) is 1.53. The molecule has 1 rings (SSSR count). The number of rotatable bonds is 6. The molecule has 0 aliphatic carbocycles. The van der Waals surface area contributed by atoms with Gasteiger partial charge in [-0.25, -0.2) is 4.39 Å². The summed E-state index contributed by atoms with van der Waals surface area (Å²) in [7, 11) is 0. The fourth-order valence-electron chi connectivity index (χ4n) is 1.53. The topological polar surface area (TPSA) is 92.8 Å². The molecule has 0 saturated heterocycles. The smallest absolute Gasteiger partial charge is 0.220 e. The van der Waals surface area contributed by atoms with Crippen molar-refractivity contribution in [3.63, 3.8) is 0 Å². The first kappa shape index (κ1) is 14.4. The lowest BCUT2D eigenvalue weighted by Gasteiger charge is -2.17. The normalized spacial score (nSPS) is 14.0. The van der Waals surface area contributed by atoms with E-state index in [1.807, 2.05) is 0 Å². The van der Waals surface area contributed by atoms with Crippen molar-refractivity contribution in [3.8, 4) is 5.75 Å². The summed E-state index contributed by atoms with van der Waals surface area (Å²) >= 11 is 0. The van der Waals surface area contributed by atoms with Crippen LogP contribution < -0.4 is 10.5 Å². The number of primary amides is 1. The highest BCUT2D eigenvalue weighted by Crippen LogP contribution is 2.25. The number of carbonyl (C=O) groups excluding carboxylic acids is 1. The summed E-state index contributed by atoms with van der Waals surface area (Å²) in [6.45, 7) is 2.16. The van der Waals surface area contributed by atoms with Crippen LogP contribution in [0.1, 0.15) is 25.0 Å². The molecular formula is C12H16FNO4. The molecule has 0 fully saturated rings. The molecular weight excluding hydrogens is 241 g/mol. The van der Waals surface area contributed by atoms with E-state index in [0.29, 0.717) is 12.4 Å². The third-order valence-electron chi connectivity index (χ3n) is 2.38. The monoisotopic (exact) mass is 257 g/mol. The van der Waals surface area contributed by atoms with E-state index in [1.54, 1.807) is 6.92 Å². The van der Waals surface area contributed by atoms with E-state index in [9.17, 15) is 19.4 Å². The summed E-state index contributed by atoms with van der Waals surface area (Å²) in [6.07, 6.45) is -3.38. The van der Waals surface area contributed by atoms with Crippen LogP contribution in [0.5, 0.6) is 5.75 Å². The average molecular weight is 257 g/mol. The number of aliphatic hydroxyl groups is 2. The number of nitrogens with two attached hydrogens (primary N) is 1. The van der Waals surface area contributed by atoms with E-state index < -0.39 is 30.4 Å². The van der Waals surface area contributed by atoms with Crippen molar-refractivity contribution < 1.29 is 24.1 Å². The molecule has 0 radical (unpaired) electrons. The first-order chi connectivity index (χ1) is 8.45. The van der Waals surface area contributed by atoms with Gasteiger partial charge in [0, 0.05) is 11.6 Å². The molecule has 0 aliphatic rings. The van der Waals surface area contributed by atoms with Gasteiger partial charge in [-0.2, -0.15) is 0 Å². The second kappa shape index (κ2) is 6.32. The van der Waals surface area contributed by atoms with Gasteiger partial charge in [-0.3, -0.25) is 4.79 Å². The lowest BCUT2D eigenvalue weighted by molar-refractivity contribution is -0.121. The van der Waals surface area contributed by atoms with Crippen LogP contribution in [0, 0.1) is 5.82 Å². The van der Waals surface area contributed by atoms with Gasteiger partial charge in [0.2, 0.25) is 5.91 Å². The largest absolute Gasteiger partial charge is 0.494 e. The Morgan fingerprint density at radius 1 is 1.50 bits per heavy atom. The molecule has 18 heavy (non-hydrogen) atoms. The van der Waals surface area contributed by atoms with Crippen LogP contribution in [0.2, 0.25) is 0 Å². The molecule has 1 amide bonds. The molecule has 6 heteroatoms. The van der Waals surface area contributed by atoms with Gasteiger partial charge in [-0.15, -0.1) is 0 Å². The van der Waals surface area contributed by atoms with Crippen molar-refractivity contribution in [3.05, 3.63) is 29.6 Å². The van der Waals surface area contributed by atoms with Crippen LogP contribution in [-0.4, -0.2) is 28.8 Å². The van der Waals surface area contributed by atoms with E-state index in [4.69, 9.17) is 10.5 Å². The number of halogens is 1. The Morgan fingerprint density at radius 3 is 2.67 bits per heavy atom. The van der Waals surface area contributed by atoms with Crippen molar-refractivity contribution >= 4 is 5.91 Å². The molecule has 0 saturated carbocycles. The summed E-state index contributed by atoms with van der Waals surface area (Å²) in [5, 5.41) is 19.2. The summed E-state index contributed by atoms with van der Waals surface area (Å²) in [6, 6.07) is 3.89. The summed E-state index contributed by atoms with van der Waals surface area (Å²) in [5.74, 6) is -1.15. The predicted molar refractivity (Wildman–Crippen MR) is 62.3 cm³/mol. The van der Waals surface area contributed by atoms with Gasteiger partial charge >= 0.3 is 0 Å². The van der Waals surface area contributed by atoms with Gasteiger partial charge in [0.05, 0.1) is 19.1 Å². The maximum Gasteiger partial charge on any atom is 0.220 e. The third kappa shape index (κ3) is 3.68. The molecule has 0 heterocycles. The van der Waals surface area contributed by atoms with Crippen molar-refractivity contribution in [1.82, 2.24) is 0 Å². The quantitative estimate of drug-likeness (QED) is 0.691. The van der Waals surface area contributed by atoms with E-state index in [1.165, 1.54) is 12.1 Å². The molecule has 1 aromatic carbocycles. The number of aliphatic hydroxyl groups excluding tert-OH is 2. The minimum absolute atomic E-state index is 0.104. The molecule has 1 aromatic rings. The zero-order chi connectivity index (χ0) is 13.7. The number of hydrogen-bond acceptors (Lipinski definition) is 4. The lowest BCUT2D eigenvalue weighted by atomic mass is 10.0. The van der Waals surface area contributed by atoms with Crippen molar-refractivity contribution in [2.75, 3.05) is 6.61 Å². The van der Waals surface area contributed by atoms with Crippen LogP contribution in [0.4, 0.5) is 4.39 Å². The van der Waals surface area contributed by atoms with Gasteiger partial charge in [0.25, 0.3) is 0 Å². The first-order valence-electron chi connectivity index (χ1n) is 5.52. The number of amides is 1. The number of carbonyl (C=O) groups is 1. The molecule has 2 unspecified atom stereocenters. The SMILES string of the molecule is CCOc1ccc(C(O)C(O)CC(N)=O)c(F)c1. The molecule has 0 spiro atoms. The Balaban J connectivity index is 2.85. The van der Waals surface area contributed by atoms with Crippen molar-refractivity contribution in [1.29, 1.82) is 0 Å². The predicted octanol–water partition coefficient (Wildman–Crippen LogP) is 0.494. The molecule has 100 valence electrons. The molecule has 0 bridgehead atoms. The van der Waals surface area contributed by atoms with Gasteiger partial charge in [0.1, 0.15) is 17.7 Å². The summed E-state index contributed by atoms with van der Waals surface area (Å²) in [5.41, 5.74) is 4.78. The van der Waals surface area contributed by atoms with Gasteiger partial charge < -0.3 is 20.7 Å². The third-order valence-corrected chi connectivity index (χ3v) is 2.38. The van der Waals surface area contributed by atoms with E-state index in [-0.39, 0.29) is 5.56 Å². The van der Waals surface area contributed by atoms with Crippen LogP contribution in [0.15, 0.2) is 18.2 Å². The van der Waals surface area contributed by atoms with Crippen LogP contribution in [-0.2, 0) is 4.79 Å². The highest BCUT2D eigenvalue weighted by molar-refractivity contribution is 5.74. The van der Waals surface area contributed by atoms with Crippen molar-refractivity contribution in [2.45, 2.75) is 25.6 Å². The Hall–Kier alpha value is -1.66. The second-order valence-corrected chi connectivity index (χ2v) is 3.80. The Morgan fingerprint density at radius 2 is 2.17 bits per heavy atom. The Labute approximate surface area is 104 Å². The Bertz CT molecular complexity index is 425. The van der Waals surface area contributed by atoms with E-state index in [2.05, 4.69) is 0 Å². The Kier molecular flexibility index (Phi) is 5.06. The minimum Gasteiger partial charge on any atom is -0.494 e. The van der Waals surface area contributed by atoms with E-state index in [0.717, 1.165) is 6.07 Å². The van der Waals surface area contributed by atoms with Crippen LogP contribution >= 0.6 is 0 Å². The molecule has 0 aliphatic heterocycles. The van der Waals surface area contributed by atoms with Gasteiger partial charge in [0.15, 0.2) is 0 Å². The highest BCUT2D eigenvalue weighted by atomic mass is 19.1. The van der Waals surface area contributed by atoms with Crippen LogP contribution in [0.25, 0.3) is 0 Å². The van der Waals surface area contributed by atoms with Gasteiger partial charge in [-0.1, -0.05) is 0 Å². The van der Waals surface area contributed by atoms with Crippen LogP contribution in [0.3, 0.4) is 0 Å². The number of ether oxygens (including phenoxy) is 1. The van der Waals surface area contributed by atoms with Crippen molar-refractivity contribution in [2.24, 2.45) is 5.73 Å². The van der Waals surface area contributed by atoms with E-state index >= 15 is 0 Å². The number of benzene rings is 1. The summed E-state index contributed by atoms with van der Waals surface area (Å²) in [4.78, 5) is 10.6. The average Bonchev–Trinajstić information content (AvgIpc) is 2.28. The highest BCUT2D eigenvalue weighted by Gasteiger charge is 2.23. The zero-order valence-electron chi connectivity index (χ0n) is 9.97. The second-order valence-electron chi connectivity index (χ2n) is 3.80. The molecule has 5 nitrogen and oxygen atoms in total. The first-order valence-corrected chi connectivity index (χ1v) is 5.52. The molecule has 4 N–H and O–H groups in total. The fraction of sp³-hybridized carbons (Fsp3) is 0.417. The molecule has 0 aromatic heterocycles. The number of hydrogen-bond donors (Lipinski definition) is 3. The zero-order valence-corrected chi connectivity index (χ0v) is 9.97. The maximum absolute atomic E-state index is 13.7. The summed E-state index contributed by atoms with van der Waals surface area (Å²) < 4.78 is 18.7. The molecule has 2 atom stereocenters. The lowest BCUT2D eigenvalue weighted by Crippen LogP contribution is -2.26. The maximum atomic E-state index is 13.7. The van der Waals surface area contributed by atoms with Gasteiger partial charge in [-0.05, 0) is 19.1 Å². The minimum atomic E-state index is -1.51.